The van der Waals surface area contributed by atoms with Crippen LogP contribution < -0.4 is 0 Å². The van der Waals surface area contributed by atoms with Gasteiger partial charge in [0.15, 0.2) is 5.78 Å². The van der Waals surface area contributed by atoms with Crippen LogP contribution in [0.5, 0.6) is 0 Å². The van der Waals surface area contributed by atoms with E-state index in [9.17, 15) is 4.79 Å². The molecule has 0 saturated heterocycles. The smallest absolute Gasteiger partial charge is 0.185 e. The Balaban J connectivity index is 2.30. The van der Waals surface area contributed by atoms with Gasteiger partial charge in [-0.15, -0.1) is 0 Å². The molecule has 0 aliphatic heterocycles. The van der Waals surface area contributed by atoms with Crippen molar-refractivity contribution in [3.63, 3.8) is 0 Å². The monoisotopic (exact) mass is 232 g/mol. The van der Waals surface area contributed by atoms with E-state index in [-0.39, 0.29) is 5.78 Å². The first kappa shape index (κ1) is 10.7. The number of rotatable bonds is 2. The second-order valence-corrected chi connectivity index (χ2v) is 4.33. The summed E-state index contributed by atoms with van der Waals surface area (Å²) in [6.07, 6.45) is 1.35. The molecule has 0 aliphatic carbocycles. The Kier molecular flexibility index (Phi) is 2.45. The number of hydrogen-bond acceptors (Lipinski definition) is 1. The molecule has 86 valence electrons. The molecule has 0 saturated carbocycles. The van der Waals surface area contributed by atoms with Gasteiger partial charge in [-0.25, -0.2) is 0 Å². The summed E-state index contributed by atoms with van der Waals surface area (Å²) in [6, 6.07) is 18.2. The van der Waals surface area contributed by atoms with Crippen molar-refractivity contribution in [3.8, 4) is 0 Å². The summed E-state index contributed by atoms with van der Waals surface area (Å²) in [7, 11) is 0. The number of allylic oxidation sites excluding steroid dienone is 1. The van der Waals surface area contributed by atoms with Gasteiger partial charge in [0, 0.05) is 5.56 Å². The first-order valence-corrected chi connectivity index (χ1v) is 5.87. The van der Waals surface area contributed by atoms with Crippen molar-refractivity contribution < 1.29 is 4.79 Å². The van der Waals surface area contributed by atoms with Crippen LogP contribution in [0.2, 0.25) is 0 Å². The second kappa shape index (κ2) is 4.11. The van der Waals surface area contributed by atoms with Gasteiger partial charge in [-0.1, -0.05) is 43.0 Å². The molecule has 0 amide bonds. The maximum atomic E-state index is 11.6. The molecule has 1 heteroatoms. The number of carbonyl (C=O) groups is 1. The molecule has 3 aromatic carbocycles. The van der Waals surface area contributed by atoms with Crippen molar-refractivity contribution in [2.75, 3.05) is 0 Å². The Bertz CT molecular complexity index is 769. The van der Waals surface area contributed by atoms with Gasteiger partial charge in [0.2, 0.25) is 0 Å². The van der Waals surface area contributed by atoms with Crippen LogP contribution >= 0.6 is 0 Å². The summed E-state index contributed by atoms with van der Waals surface area (Å²) in [6.45, 7) is 3.52. The molecule has 1 nitrogen and oxygen atoms in total. The molecule has 3 aromatic rings. The third kappa shape index (κ3) is 1.70. The Hall–Kier alpha value is -2.41. The van der Waals surface area contributed by atoms with E-state index in [1.54, 1.807) is 0 Å². The molecule has 0 atom stereocenters. The minimum absolute atomic E-state index is 0.0370. The number of ketones is 1. The lowest BCUT2D eigenvalue weighted by molar-refractivity contribution is 0.104. The zero-order valence-corrected chi connectivity index (χ0v) is 9.89. The molecular weight excluding hydrogens is 220 g/mol. The van der Waals surface area contributed by atoms with Gasteiger partial charge in [0.05, 0.1) is 0 Å². The highest BCUT2D eigenvalue weighted by Gasteiger charge is 2.03. The number of carbonyl (C=O) groups excluding carboxylic acids is 1. The summed E-state index contributed by atoms with van der Waals surface area (Å²) in [5.74, 6) is -0.0370. The van der Waals surface area contributed by atoms with Crippen LogP contribution in [0.4, 0.5) is 0 Å². The Labute approximate surface area is 105 Å². The van der Waals surface area contributed by atoms with Crippen LogP contribution in [0.1, 0.15) is 10.4 Å². The van der Waals surface area contributed by atoms with Crippen molar-refractivity contribution in [2.45, 2.75) is 0 Å². The molecule has 0 heterocycles. The summed E-state index contributed by atoms with van der Waals surface area (Å²) in [5, 5.41) is 4.64. The Morgan fingerprint density at radius 2 is 1.44 bits per heavy atom. The van der Waals surface area contributed by atoms with E-state index in [1.165, 1.54) is 16.8 Å². The Morgan fingerprint density at radius 1 is 0.833 bits per heavy atom. The van der Waals surface area contributed by atoms with Crippen molar-refractivity contribution in [1.29, 1.82) is 0 Å². The molecule has 18 heavy (non-hydrogen) atoms. The van der Waals surface area contributed by atoms with Crippen LogP contribution in [0.15, 0.2) is 67.3 Å². The van der Waals surface area contributed by atoms with E-state index in [0.717, 1.165) is 10.8 Å². The highest BCUT2D eigenvalue weighted by Crippen LogP contribution is 2.23. The number of benzene rings is 3. The minimum atomic E-state index is -0.0370. The predicted molar refractivity (Wildman–Crippen MR) is 76.0 cm³/mol. The lowest BCUT2D eigenvalue weighted by Gasteiger charge is -2.04. The highest BCUT2D eigenvalue weighted by atomic mass is 16.1. The normalized spacial score (nSPS) is 10.7. The average Bonchev–Trinajstić information content (AvgIpc) is 2.43. The van der Waals surface area contributed by atoms with E-state index in [2.05, 4.69) is 30.8 Å². The van der Waals surface area contributed by atoms with Crippen LogP contribution in [-0.2, 0) is 0 Å². The summed E-state index contributed by atoms with van der Waals surface area (Å²) in [4.78, 5) is 11.6. The largest absolute Gasteiger partial charge is 0.289 e. The van der Waals surface area contributed by atoms with Gasteiger partial charge < -0.3 is 0 Å². The van der Waals surface area contributed by atoms with Gasteiger partial charge >= 0.3 is 0 Å². The third-order valence-electron chi connectivity index (χ3n) is 3.17. The molecule has 0 spiro atoms. The highest BCUT2D eigenvalue weighted by molar-refractivity contribution is 6.07. The molecule has 3 rings (SSSR count). The van der Waals surface area contributed by atoms with Gasteiger partial charge in [-0.2, -0.15) is 0 Å². The molecule has 0 aliphatic rings. The first-order chi connectivity index (χ1) is 8.78. The summed E-state index contributed by atoms with van der Waals surface area (Å²) < 4.78 is 0. The number of hydrogen-bond donors (Lipinski definition) is 0. The van der Waals surface area contributed by atoms with Crippen LogP contribution in [0, 0.1) is 0 Å². The van der Waals surface area contributed by atoms with E-state index in [0.29, 0.717) is 5.56 Å². The van der Waals surface area contributed by atoms with Gasteiger partial charge in [-0.05, 0) is 45.8 Å². The quantitative estimate of drug-likeness (QED) is 0.364. The summed E-state index contributed by atoms with van der Waals surface area (Å²) in [5.41, 5.74) is 0.688. The second-order valence-electron chi connectivity index (χ2n) is 4.33. The maximum absolute atomic E-state index is 11.6. The van der Waals surface area contributed by atoms with Gasteiger partial charge in [0.1, 0.15) is 0 Å². The average molecular weight is 232 g/mol. The minimum Gasteiger partial charge on any atom is -0.289 e. The zero-order chi connectivity index (χ0) is 12.5. The van der Waals surface area contributed by atoms with Gasteiger partial charge in [0.25, 0.3) is 0 Å². The topological polar surface area (TPSA) is 17.1 Å². The van der Waals surface area contributed by atoms with E-state index in [1.807, 2.05) is 30.3 Å². The number of fused-ring (bicyclic) bond motifs is 2. The van der Waals surface area contributed by atoms with Crippen LogP contribution in [0.25, 0.3) is 21.5 Å². The van der Waals surface area contributed by atoms with Gasteiger partial charge in [-0.3, -0.25) is 4.79 Å². The third-order valence-corrected chi connectivity index (χ3v) is 3.17. The predicted octanol–water partition coefficient (Wildman–Crippen LogP) is 4.36. The van der Waals surface area contributed by atoms with Crippen LogP contribution in [-0.4, -0.2) is 5.78 Å². The molecule has 0 fully saturated rings. The molecular formula is C17H12O. The SMILES string of the molecule is C=CC(=O)c1ccc2cc3ccccc3cc2c1. The zero-order valence-electron chi connectivity index (χ0n) is 9.89. The lowest BCUT2D eigenvalue weighted by atomic mass is 10.0. The standard InChI is InChI=1S/C17H12O/c1-2-17(18)15-8-7-14-9-12-5-3-4-6-13(12)10-16(14)11-15/h2-11H,1H2. The van der Waals surface area contributed by atoms with E-state index in [4.69, 9.17) is 0 Å². The van der Waals surface area contributed by atoms with E-state index >= 15 is 0 Å². The lowest BCUT2D eigenvalue weighted by Crippen LogP contribution is -1.92. The fraction of sp³-hybridized carbons (Fsp3) is 0. The van der Waals surface area contributed by atoms with Crippen molar-refractivity contribution in [2.24, 2.45) is 0 Å². The summed E-state index contributed by atoms with van der Waals surface area (Å²) >= 11 is 0. The molecule has 0 bridgehead atoms. The maximum Gasteiger partial charge on any atom is 0.185 e. The fourth-order valence-corrected chi connectivity index (χ4v) is 2.21. The molecule has 0 radical (unpaired) electrons. The molecule has 0 aromatic heterocycles. The van der Waals surface area contributed by atoms with Crippen LogP contribution in [0.3, 0.4) is 0 Å². The van der Waals surface area contributed by atoms with E-state index < -0.39 is 0 Å². The Morgan fingerprint density at radius 3 is 2.11 bits per heavy atom. The van der Waals surface area contributed by atoms with Crippen molar-refractivity contribution in [3.05, 3.63) is 72.8 Å². The first-order valence-electron chi connectivity index (χ1n) is 5.87. The van der Waals surface area contributed by atoms with Crippen molar-refractivity contribution >= 4 is 27.3 Å². The van der Waals surface area contributed by atoms with Crippen molar-refractivity contribution in [1.82, 2.24) is 0 Å². The fourth-order valence-electron chi connectivity index (χ4n) is 2.21. The molecule has 0 N–H and O–H groups in total. The molecule has 0 unspecified atom stereocenters.